The highest BCUT2D eigenvalue weighted by Crippen LogP contribution is 2.03. The molecule has 0 saturated carbocycles. The van der Waals surface area contributed by atoms with Crippen molar-refractivity contribution < 1.29 is 24.3 Å². The van der Waals surface area contributed by atoms with Crippen molar-refractivity contribution in [2.75, 3.05) is 6.54 Å². The highest BCUT2D eigenvalue weighted by molar-refractivity contribution is 5.93. The topological polar surface area (TPSA) is 208 Å². The minimum Gasteiger partial charge on any atom is -0.480 e. The van der Waals surface area contributed by atoms with Crippen molar-refractivity contribution in [1.29, 1.82) is 0 Å². The van der Waals surface area contributed by atoms with E-state index in [2.05, 4.69) is 35.9 Å². The number of carboxylic acid groups (broad SMARTS) is 1. The molecule has 0 aromatic carbocycles. The molecule has 162 valence electrons. The van der Waals surface area contributed by atoms with Crippen LogP contribution < -0.4 is 21.7 Å². The van der Waals surface area contributed by atoms with Gasteiger partial charge in [0.05, 0.1) is 18.7 Å². The number of nitrogens with zero attached hydrogens (tertiary/aromatic N) is 2. The van der Waals surface area contributed by atoms with Crippen molar-refractivity contribution in [1.82, 2.24) is 35.9 Å². The van der Waals surface area contributed by atoms with Gasteiger partial charge in [0.25, 0.3) is 0 Å². The van der Waals surface area contributed by atoms with Crippen LogP contribution in [0, 0.1) is 0 Å². The first-order valence-corrected chi connectivity index (χ1v) is 9.06. The molecule has 0 aliphatic carbocycles. The zero-order valence-corrected chi connectivity index (χ0v) is 16.2. The quantitative estimate of drug-likeness (QED) is 0.205. The first kappa shape index (κ1) is 22.5. The molecule has 0 saturated heterocycles. The van der Waals surface area contributed by atoms with E-state index in [4.69, 9.17) is 10.8 Å². The predicted octanol–water partition coefficient (Wildman–Crippen LogP) is -2.56. The lowest BCUT2D eigenvalue weighted by Gasteiger charge is -2.23. The van der Waals surface area contributed by atoms with Crippen LogP contribution in [0.2, 0.25) is 0 Å². The SMILES string of the molecule is CC(N)C(=O)NC(Cc1cnc[nH]1)C(=O)NC(Cc1cnc[nH]1)C(=O)NCC(=O)O. The van der Waals surface area contributed by atoms with Crippen LogP contribution in [0.25, 0.3) is 0 Å². The van der Waals surface area contributed by atoms with Gasteiger partial charge in [-0.25, -0.2) is 9.97 Å². The second kappa shape index (κ2) is 10.7. The Kier molecular flexibility index (Phi) is 8.05. The molecular weight excluding hydrogens is 396 g/mol. The third-order valence-corrected chi connectivity index (χ3v) is 4.05. The maximum Gasteiger partial charge on any atom is 0.322 e. The Labute approximate surface area is 171 Å². The summed E-state index contributed by atoms with van der Waals surface area (Å²) in [5.74, 6) is -3.11. The zero-order chi connectivity index (χ0) is 22.1. The third-order valence-electron chi connectivity index (χ3n) is 4.05. The molecule has 3 atom stereocenters. The summed E-state index contributed by atoms with van der Waals surface area (Å²) in [4.78, 5) is 61.5. The molecule has 2 rings (SSSR count). The van der Waals surface area contributed by atoms with E-state index >= 15 is 0 Å². The first-order valence-electron chi connectivity index (χ1n) is 9.06. The van der Waals surface area contributed by atoms with Crippen LogP contribution in [-0.4, -0.2) is 73.4 Å². The lowest BCUT2D eigenvalue weighted by atomic mass is 10.1. The van der Waals surface area contributed by atoms with Crippen molar-refractivity contribution in [3.63, 3.8) is 0 Å². The summed E-state index contributed by atoms with van der Waals surface area (Å²) in [6, 6.07) is -2.99. The van der Waals surface area contributed by atoms with Gasteiger partial charge < -0.3 is 36.8 Å². The van der Waals surface area contributed by atoms with Crippen molar-refractivity contribution in [2.24, 2.45) is 5.73 Å². The molecule has 30 heavy (non-hydrogen) atoms. The van der Waals surface area contributed by atoms with Gasteiger partial charge >= 0.3 is 5.97 Å². The van der Waals surface area contributed by atoms with Gasteiger partial charge in [-0.15, -0.1) is 0 Å². The van der Waals surface area contributed by atoms with Gasteiger partial charge in [-0.05, 0) is 6.92 Å². The Morgan fingerprint density at radius 1 is 0.967 bits per heavy atom. The summed E-state index contributed by atoms with van der Waals surface area (Å²) in [7, 11) is 0. The molecule has 2 aromatic heterocycles. The molecule has 0 radical (unpaired) electrons. The summed E-state index contributed by atoms with van der Waals surface area (Å²) in [5, 5.41) is 16.1. The largest absolute Gasteiger partial charge is 0.480 e. The summed E-state index contributed by atoms with van der Waals surface area (Å²) in [6.45, 7) is 0.869. The number of carboxylic acids is 1. The monoisotopic (exact) mass is 420 g/mol. The smallest absolute Gasteiger partial charge is 0.322 e. The number of aromatic nitrogens is 4. The van der Waals surface area contributed by atoms with Gasteiger partial charge in [0.1, 0.15) is 18.6 Å². The van der Waals surface area contributed by atoms with E-state index in [1.165, 1.54) is 32.0 Å². The average Bonchev–Trinajstić information content (AvgIpc) is 3.38. The predicted molar refractivity (Wildman–Crippen MR) is 103 cm³/mol. The third kappa shape index (κ3) is 7.01. The average molecular weight is 420 g/mol. The van der Waals surface area contributed by atoms with Crippen LogP contribution in [0.4, 0.5) is 0 Å². The minimum atomic E-state index is -1.23. The fourth-order valence-electron chi connectivity index (χ4n) is 2.51. The van der Waals surface area contributed by atoms with E-state index in [0.29, 0.717) is 11.4 Å². The lowest BCUT2D eigenvalue weighted by Crippen LogP contribution is -2.57. The molecule has 8 N–H and O–H groups in total. The number of imidazole rings is 2. The van der Waals surface area contributed by atoms with Crippen molar-refractivity contribution in [3.8, 4) is 0 Å². The van der Waals surface area contributed by atoms with Crippen LogP contribution in [-0.2, 0) is 32.0 Å². The summed E-state index contributed by atoms with van der Waals surface area (Å²) in [6.07, 6.45) is 5.93. The second-order valence-electron chi connectivity index (χ2n) is 6.58. The number of aliphatic carboxylic acids is 1. The number of hydrogen-bond acceptors (Lipinski definition) is 7. The molecular formula is C17H24N8O5. The molecule has 0 aliphatic rings. The highest BCUT2D eigenvalue weighted by atomic mass is 16.4. The number of amides is 3. The number of carbonyl (C=O) groups is 4. The van der Waals surface area contributed by atoms with Crippen molar-refractivity contribution in [3.05, 3.63) is 36.4 Å². The van der Waals surface area contributed by atoms with Crippen molar-refractivity contribution >= 4 is 23.7 Å². The molecule has 3 amide bonds. The summed E-state index contributed by atoms with van der Waals surface area (Å²) in [5.41, 5.74) is 6.71. The molecule has 2 heterocycles. The lowest BCUT2D eigenvalue weighted by molar-refractivity contribution is -0.138. The Hall–Kier alpha value is -3.74. The Balaban J connectivity index is 2.15. The van der Waals surface area contributed by atoms with Crippen LogP contribution in [0.3, 0.4) is 0 Å². The number of H-pyrrole nitrogens is 2. The number of carbonyl (C=O) groups excluding carboxylic acids is 3. The van der Waals surface area contributed by atoms with E-state index in [9.17, 15) is 19.2 Å². The van der Waals surface area contributed by atoms with Crippen LogP contribution in [0.15, 0.2) is 25.0 Å². The Bertz CT molecular complexity index is 850. The van der Waals surface area contributed by atoms with Gasteiger partial charge in [-0.3, -0.25) is 19.2 Å². The van der Waals surface area contributed by atoms with Crippen LogP contribution in [0.5, 0.6) is 0 Å². The van der Waals surface area contributed by atoms with E-state index in [1.54, 1.807) is 0 Å². The molecule has 13 nitrogen and oxygen atoms in total. The van der Waals surface area contributed by atoms with Crippen LogP contribution >= 0.6 is 0 Å². The van der Waals surface area contributed by atoms with Gasteiger partial charge in [-0.1, -0.05) is 0 Å². The molecule has 13 heteroatoms. The second-order valence-corrected chi connectivity index (χ2v) is 6.58. The Morgan fingerprint density at radius 2 is 1.47 bits per heavy atom. The fraction of sp³-hybridized carbons (Fsp3) is 0.412. The summed E-state index contributed by atoms with van der Waals surface area (Å²) >= 11 is 0. The Morgan fingerprint density at radius 3 is 1.90 bits per heavy atom. The van der Waals surface area contributed by atoms with Crippen molar-refractivity contribution in [2.45, 2.75) is 37.9 Å². The standard InChI is InChI=1S/C17H24N8O5/c1-9(18)15(28)24-13(3-11-5-20-8-23-11)17(30)25-12(2-10-4-19-7-22-10)16(29)21-6-14(26)27/h4-5,7-9,12-13H,2-3,6,18H2,1H3,(H,19,22)(H,20,23)(H,21,29)(H,24,28)(H,25,30)(H,26,27). The highest BCUT2D eigenvalue weighted by Gasteiger charge is 2.28. The normalized spacial score (nSPS) is 13.7. The van der Waals surface area contributed by atoms with E-state index in [0.717, 1.165) is 0 Å². The van der Waals surface area contributed by atoms with Gasteiger partial charge in [0, 0.05) is 36.6 Å². The molecule has 0 aliphatic heterocycles. The van der Waals surface area contributed by atoms with Crippen LogP contribution in [0.1, 0.15) is 18.3 Å². The van der Waals surface area contributed by atoms with Gasteiger partial charge in [0.15, 0.2) is 0 Å². The number of rotatable bonds is 11. The molecule has 0 fully saturated rings. The van der Waals surface area contributed by atoms with E-state index < -0.39 is 48.4 Å². The number of nitrogens with one attached hydrogen (secondary N) is 5. The van der Waals surface area contributed by atoms with E-state index in [1.807, 2.05) is 0 Å². The molecule has 3 unspecified atom stereocenters. The maximum atomic E-state index is 12.9. The zero-order valence-electron chi connectivity index (χ0n) is 16.2. The van der Waals surface area contributed by atoms with Gasteiger partial charge in [-0.2, -0.15) is 0 Å². The fourth-order valence-corrected chi connectivity index (χ4v) is 2.51. The van der Waals surface area contributed by atoms with Gasteiger partial charge in [0.2, 0.25) is 17.7 Å². The number of nitrogens with two attached hydrogens (primary N) is 1. The first-order chi connectivity index (χ1) is 14.3. The maximum absolute atomic E-state index is 12.9. The summed E-state index contributed by atoms with van der Waals surface area (Å²) < 4.78 is 0. The minimum absolute atomic E-state index is 0.0369. The molecule has 0 bridgehead atoms. The van der Waals surface area contributed by atoms with E-state index in [-0.39, 0.29) is 12.8 Å². The number of aromatic amines is 2. The number of hydrogen-bond donors (Lipinski definition) is 7. The molecule has 2 aromatic rings. The molecule has 0 spiro atoms.